The third-order valence-corrected chi connectivity index (χ3v) is 6.29. The maximum absolute atomic E-state index is 13.9. The highest BCUT2D eigenvalue weighted by Gasteiger charge is 2.42. The number of carbonyl (C=O) groups excluding carboxylic acids is 3. The maximum Gasteiger partial charge on any atom is 0.408 e. The highest BCUT2D eigenvalue weighted by molar-refractivity contribution is 5.92. The second-order valence-electron chi connectivity index (χ2n) is 11.6. The Hall–Kier alpha value is -2.61. The molecule has 202 valence electrons. The van der Waals surface area contributed by atoms with Crippen LogP contribution in [0.15, 0.2) is 24.3 Å². The van der Waals surface area contributed by atoms with Gasteiger partial charge in [0.05, 0.1) is 6.61 Å². The van der Waals surface area contributed by atoms with Gasteiger partial charge in [-0.05, 0) is 71.9 Å². The topological polar surface area (TPSA) is 108 Å². The van der Waals surface area contributed by atoms with Crippen molar-refractivity contribution in [2.75, 3.05) is 6.61 Å². The van der Waals surface area contributed by atoms with Gasteiger partial charge in [-0.3, -0.25) is 9.59 Å². The largest absolute Gasteiger partial charge is 0.444 e. The van der Waals surface area contributed by atoms with E-state index >= 15 is 0 Å². The van der Waals surface area contributed by atoms with Crippen LogP contribution in [0.3, 0.4) is 0 Å². The van der Waals surface area contributed by atoms with Crippen molar-refractivity contribution >= 4 is 17.9 Å². The molecular formula is C28H45N3O5. The fraction of sp³-hybridized carbons (Fsp3) is 0.679. The summed E-state index contributed by atoms with van der Waals surface area (Å²) < 4.78 is 5.29. The quantitative estimate of drug-likeness (QED) is 0.492. The number of hydrogen-bond donors (Lipinski definition) is 3. The van der Waals surface area contributed by atoms with Gasteiger partial charge in [0, 0.05) is 11.6 Å². The van der Waals surface area contributed by atoms with E-state index in [1.807, 2.05) is 45.0 Å². The van der Waals surface area contributed by atoms with Crippen LogP contribution in [0.4, 0.5) is 4.79 Å². The molecule has 0 saturated heterocycles. The SMILES string of the molecule is CCc1ccc(C(C(=O)NC2CCCCC2)N(C(=O)C(CO)NC(=O)OC(C)(C)C)C(C)(C)C)cc1. The van der Waals surface area contributed by atoms with Crippen LogP contribution >= 0.6 is 0 Å². The van der Waals surface area contributed by atoms with Crippen LogP contribution in [0, 0.1) is 0 Å². The van der Waals surface area contributed by atoms with E-state index in [0.717, 1.165) is 44.1 Å². The Kier molecular flexibility index (Phi) is 10.3. The molecule has 36 heavy (non-hydrogen) atoms. The Balaban J connectivity index is 2.45. The summed E-state index contributed by atoms with van der Waals surface area (Å²) in [7, 11) is 0. The molecule has 0 radical (unpaired) electrons. The number of aliphatic hydroxyl groups is 1. The van der Waals surface area contributed by atoms with Gasteiger partial charge in [0.2, 0.25) is 11.8 Å². The molecule has 2 atom stereocenters. The lowest BCUT2D eigenvalue weighted by Crippen LogP contribution is -2.60. The van der Waals surface area contributed by atoms with Crippen LogP contribution in [0.1, 0.15) is 97.7 Å². The van der Waals surface area contributed by atoms with Crippen LogP contribution in [0.25, 0.3) is 0 Å². The lowest BCUT2D eigenvalue weighted by Gasteiger charge is -2.43. The normalized spacial score (nSPS) is 16.6. The van der Waals surface area contributed by atoms with Gasteiger partial charge in [0.1, 0.15) is 17.7 Å². The first-order chi connectivity index (χ1) is 16.8. The standard InChI is InChI=1S/C28H45N3O5/c1-8-19-14-16-20(17-15-19)23(24(33)29-21-12-10-9-11-13-21)31(27(2,3)4)25(34)22(18-32)30-26(35)36-28(5,6)7/h14-17,21-23,32H,8-13,18H2,1-7H3,(H,29,33)(H,30,35). The van der Waals surface area contributed by atoms with Gasteiger partial charge in [-0.15, -0.1) is 0 Å². The third kappa shape index (κ3) is 8.50. The summed E-state index contributed by atoms with van der Waals surface area (Å²) in [5.74, 6) is -0.817. The lowest BCUT2D eigenvalue weighted by molar-refractivity contribution is -0.149. The van der Waals surface area contributed by atoms with Crippen molar-refractivity contribution in [1.82, 2.24) is 15.5 Å². The Bertz CT molecular complexity index is 880. The van der Waals surface area contributed by atoms with E-state index < -0.39 is 41.8 Å². The lowest BCUT2D eigenvalue weighted by atomic mass is 9.92. The van der Waals surface area contributed by atoms with Crippen LogP contribution in [0.2, 0.25) is 0 Å². The van der Waals surface area contributed by atoms with Crippen molar-refractivity contribution < 1.29 is 24.2 Å². The van der Waals surface area contributed by atoms with E-state index in [2.05, 4.69) is 17.6 Å². The molecular weight excluding hydrogens is 458 g/mol. The molecule has 1 saturated carbocycles. The Labute approximate surface area is 216 Å². The highest BCUT2D eigenvalue weighted by Crippen LogP contribution is 2.31. The number of hydrogen-bond acceptors (Lipinski definition) is 5. The van der Waals surface area contributed by atoms with Gasteiger partial charge in [0.25, 0.3) is 0 Å². The number of benzene rings is 1. The zero-order valence-electron chi connectivity index (χ0n) is 23.0. The van der Waals surface area contributed by atoms with Gasteiger partial charge in [-0.2, -0.15) is 0 Å². The predicted octanol–water partition coefficient (Wildman–Crippen LogP) is 4.25. The summed E-state index contributed by atoms with van der Waals surface area (Å²) in [5, 5.41) is 15.7. The van der Waals surface area contributed by atoms with E-state index in [4.69, 9.17) is 4.74 Å². The number of aryl methyl sites for hydroxylation is 1. The van der Waals surface area contributed by atoms with Crippen LogP contribution in [-0.4, -0.2) is 57.7 Å². The summed E-state index contributed by atoms with van der Waals surface area (Å²) >= 11 is 0. The highest BCUT2D eigenvalue weighted by atomic mass is 16.6. The van der Waals surface area contributed by atoms with Crippen molar-refractivity contribution in [2.24, 2.45) is 0 Å². The van der Waals surface area contributed by atoms with Crippen LogP contribution in [-0.2, 0) is 20.7 Å². The second-order valence-corrected chi connectivity index (χ2v) is 11.6. The molecule has 1 fully saturated rings. The summed E-state index contributed by atoms with van der Waals surface area (Å²) in [6, 6.07) is 5.55. The molecule has 0 heterocycles. The smallest absolute Gasteiger partial charge is 0.408 e. The molecule has 1 aromatic carbocycles. The molecule has 3 N–H and O–H groups in total. The number of ether oxygens (including phenoxy) is 1. The minimum Gasteiger partial charge on any atom is -0.444 e. The van der Waals surface area contributed by atoms with Gasteiger partial charge < -0.3 is 25.4 Å². The fourth-order valence-electron chi connectivity index (χ4n) is 4.53. The number of nitrogens with zero attached hydrogens (tertiary/aromatic N) is 1. The van der Waals surface area contributed by atoms with Crippen LogP contribution < -0.4 is 10.6 Å². The van der Waals surface area contributed by atoms with Crippen molar-refractivity contribution in [1.29, 1.82) is 0 Å². The van der Waals surface area contributed by atoms with Crippen LogP contribution in [0.5, 0.6) is 0 Å². The van der Waals surface area contributed by atoms with Gasteiger partial charge in [-0.25, -0.2) is 4.79 Å². The van der Waals surface area contributed by atoms with Crippen molar-refractivity contribution in [3.05, 3.63) is 35.4 Å². The second kappa shape index (κ2) is 12.6. The monoisotopic (exact) mass is 503 g/mol. The molecule has 3 amide bonds. The number of amides is 3. The zero-order valence-corrected chi connectivity index (χ0v) is 23.0. The first-order valence-corrected chi connectivity index (χ1v) is 13.1. The number of carbonyl (C=O) groups is 3. The van der Waals surface area contributed by atoms with E-state index in [1.54, 1.807) is 20.8 Å². The molecule has 0 aliphatic heterocycles. The predicted molar refractivity (Wildman–Crippen MR) is 140 cm³/mol. The fourth-order valence-corrected chi connectivity index (χ4v) is 4.53. The van der Waals surface area contributed by atoms with Gasteiger partial charge in [-0.1, -0.05) is 50.5 Å². The molecule has 2 rings (SSSR count). The number of nitrogens with one attached hydrogen (secondary N) is 2. The molecule has 1 aliphatic rings. The van der Waals surface area contributed by atoms with E-state index in [-0.39, 0.29) is 11.9 Å². The Morgan fingerprint density at radius 3 is 2.08 bits per heavy atom. The van der Waals surface area contributed by atoms with Gasteiger partial charge in [0.15, 0.2) is 0 Å². The summed E-state index contributed by atoms with van der Waals surface area (Å²) in [4.78, 5) is 41.6. The number of aliphatic hydroxyl groups excluding tert-OH is 1. The Morgan fingerprint density at radius 1 is 1.03 bits per heavy atom. The molecule has 0 bridgehead atoms. The molecule has 0 spiro atoms. The van der Waals surface area contributed by atoms with Crippen molar-refractivity contribution in [3.8, 4) is 0 Å². The van der Waals surface area contributed by atoms with Crippen molar-refractivity contribution in [3.63, 3.8) is 0 Å². The zero-order chi connectivity index (χ0) is 27.1. The number of alkyl carbamates (subject to hydrolysis) is 1. The molecule has 8 nitrogen and oxygen atoms in total. The maximum atomic E-state index is 13.9. The van der Waals surface area contributed by atoms with Crippen molar-refractivity contribution in [2.45, 2.75) is 116 Å². The Morgan fingerprint density at radius 2 is 1.61 bits per heavy atom. The molecule has 8 heteroatoms. The summed E-state index contributed by atoms with van der Waals surface area (Å²) in [5.41, 5.74) is 0.245. The minimum atomic E-state index is -1.26. The van der Waals surface area contributed by atoms with Gasteiger partial charge >= 0.3 is 6.09 Å². The van der Waals surface area contributed by atoms with E-state index in [1.165, 1.54) is 4.90 Å². The third-order valence-electron chi connectivity index (χ3n) is 6.29. The number of rotatable bonds is 8. The average Bonchev–Trinajstić information content (AvgIpc) is 2.79. The first-order valence-electron chi connectivity index (χ1n) is 13.1. The molecule has 1 aliphatic carbocycles. The van der Waals surface area contributed by atoms with E-state index in [0.29, 0.717) is 5.56 Å². The molecule has 1 aromatic rings. The van der Waals surface area contributed by atoms with E-state index in [9.17, 15) is 19.5 Å². The summed E-state index contributed by atoms with van der Waals surface area (Å²) in [6.07, 6.45) is 5.17. The summed E-state index contributed by atoms with van der Waals surface area (Å²) in [6.45, 7) is 12.1. The minimum absolute atomic E-state index is 0.0640. The first kappa shape index (κ1) is 29.6. The molecule has 0 aromatic heterocycles. The molecule has 2 unspecified atom stereocenters. The average molecular weight is 504 g/mol.